The first-order valence-electron chi connectivity index (χ1n) is 6.81. The van der Waals surface area contributed by atoms with Crippen LogP contribution in [0.4, 0.5) is 0 Å². The van der Waals surface area contributed by atoms with E-state index in [4.69, 9.17) is 4.42 Å². The van der Waals surface area contributed by atoms with Gasteiger partial charge in [0.25, 0.3) is 0 Å². The van der Waals surface area contributed by atoms with Crippen LogP contribution in [0.25, 0.3) is 11.1 Å². The fourth-order valence-electron chi connectivity index (χ4n) is 2.58. The van der Waals surface area contributed by atoms with E-state index in [1.54, 1.807) is 10.6 Å². The second-order valence-electron chi connectivity index (χ2n) is 5.33. The van der Waals surface area contributed by atoms with Gasteiger partial charge in [0.05, 0.1) is 18.4 Å². The second-order valence-corrected chi connectivity index (χ2v) is 8.23. The van der Waals surface area contributed by atoms with E-state index in [0.717, 1.165) is 9.99 Å². The Morgan fingerprint density at radius 1 is 1.23 bits per heavy atom. The van der Waals surface area contributed by atoms with Crippen molar-refractivity contribution in [2.45, 2.75) is 6.67 Å². The van der Waals surface area contributed by atoms with Crippen LogP contribution in [-0.4, -0.2) is 54.6 Å². The summed E-state index contributed by atoms with van der Waals surface area (Å²) < 4.78 is 32.1. The van der Waals surface area contributed by atoms with Gasteiger partial charge in [-0.05, 0) is 18.2 Å². The minimum atomic E-state index is -3.14. The van der Waals surface area contributed by atoms with Gasteiger partial charge in [-0.1, -0.05) is 15.9 Å². The molecular weight excluding hydrogens is 374 g/mol. The standard InChI is InChI=1S/C13H16BrN3O4S/c1-22(19,20)16-6-4-15(5-7-16)9-17-11-3-2-10(14)8-12(11)21-13(17)18/h2-3,8H,4-7,9H2,1H3. The molecule has 2 aromatic rings. The fourth-order valence-corrected chi connectivity index (χ4v) is 3.74. The van der Waals surface area contributed by atoms with E-state index >= 15 is 0 Å². The normalized spacial score (nSPS) is 18.1. The highest BCUT2D eigenvalue weighted by Crippen LogP contribution is 2.19. The maximum atomic E-state index is 12.0. The van der Waals surface area contributed by atoms with Crippen molar-refractivity contribution in [2.75, 3.05) is 32.4 Å². The first-order valence-corrected chi connectivity index (χ1v) is 9.45. The van der Waals surface area contributed by atoms with Gasteiger partial charge in [0.15, 0.2) is 5.58 Å². The summed E-state index contributed by atoms with van der Waals surface area (Å²) in [7, 11) is -3.14. The Bertz CT molecular complexity index is 850. The summed E-state index contributed by atoms with van der Waals surface area (Å²) in [5.74, 6) is -0.404. The van der Waals surface area contributed by atoms with E-state index in [-0.39, 0.29) is 0 Å². The molecule has 0 aliphatic carbocycles. The Labute approximate surface area is 136 Å². The number of piperazine rings is 1. The summed E-state index contributed by atoms with van der Waals surface area (Å²) in [5, 5.41) is 0. The molecule has 22 heavy (non-hydrogen) atoms. The predicted molar refractivity (Wildman–Crippen MR) is 86.2 cm³/mol. The predicted octanol–water partition coefficient (Wildman–Crippen LogP) is 0.892. The maximum absolute atomic E-state index is 12.0. The summed E-state index contributed by atoms with van der Waals surface area (Å²) in [5.41, 5.74) is 1.27. The fraction of sp³-hybridized carbons (Fsp3) is 0.462. The largest absolute Gasteiger partial charge is 0.421 e. The van der Waals surface area contributed by atoms with Gasteiger partial charge in [0, 0.05) is 30.7 Å². The third kappa shape index (κ3) is 3.12. The Kier molecular flexibility index (Phi) is 4.15. The number of hydrogen-bond donors (Lipinski definition) is 0. The van der Waals surface area contributed by atoms with Crippen molar-refractivity contribution in [3.8, 4) is 0 Å². The summed E-state index contributed by atoms with van der Waals surface area (Å²) in [4.78, 5) is 14.0. The Morgan fingerprint density at radius 3 is 2.55 bits per heavy atom. The number of aromatic nitrogens is 1. The number of fused-ring (bicyclic) bond motifs is 1. The molecule has 1 aliphatic heterocycles. The highest BCUT2D eigenvalue weighted by atomic mass is 79.9. The minimum Gasteiger partial charge on any atom is -0.408 e. The van der Waals surface area contributed by atoms with Crippen LogP contribution in [0.15, 0.2) is 31.9 Å². The van der Waals surface area contributed by atoms with Crippen LogP contribution in [0.2, 0.25) is 0 Å². The molecule has 0 atom stereocenters. The third-order valence-corrected chi connectivity index (χ3v) is 5.57. The molecule has 0 radical (unpaired) electrons. The van der Waals surface area contributed by atoms with Crippen molar-refractivity contribution in [1.29, 1.82) is 0 Å². The van der Waals surface area contributed by atoms with Gasteiger partial charge >= 0.3 is 5.76 Å². The smallest absolute Gasteiger partial charge is 0.408 e. The van der Waals surface area contributed by atoms with Crippen molar-refractivity contribution in [2.24, 2.45) is 0 Å². The number of rotatable bonds is 3. The number of sulfonamides is 1. The highest BCUT2D eigenvalue weighted by molar-refractivity contribution is 9.10. The summed E-state index contributed by atoms with van der Waals surface area (Å²) in [6.07, 6.45) is 1.22. The lowest BCUT2D eigenvalue weighted by molar-refractivity contribution is 0.150. The molecular formula is C13H16BrN3O4S. The van der Waals surface area contributed by atoms with E-state index in [0.29, 0.717) is 38.4 Å². The Hall–Kier alpha value is -1.16. The van der Waals surface area contributed by atoms with E-state index in [9.17, 15) is 13.2 Å². The topological polar surface area (TPSA) is 75.8 Å². The molecule has 0 spiro atoms. The monoisotopic (exact) mass is 389 g/mol. The molecule has 1 aromatic heterocycles. The van der Waals surface area contributed by atoms with Gasteiger partial charge in [0.2, 0.25) is 10.0 Å². The van der Waals surface area contributed by atoms with Crippen molar-refractivity contribution >= 4 is 37.1 Å². The molecule has 3 rings (SSSR count). The number of nitrogens with zero attached hydrogens (tertiary/aromatic N) is 3. The van der Waals surface area contributed by atoms with Gasteiger partial charge in [-0.2, -0.15) is 4.31 Å². The number of hydrogen-bond acceptors (Lipinski definition) is 5. The maximum Gasteiger partial charge on any atom is 0.421 e. The Balaban J connectivity index is 1.78. The average molecular weight is 390 g/mol. The molecule has 1 saturated heterocycles. The van der Waals surface area contributed by atoms with Gasteiger partial charge < -0.3 is 4.42 Å². The molecule has 7 nitrogen and oxygen atoms in total. The molecule has 2 heterocycles. The lowest BCUT2D eigenvalue weighted by atomic mass is 10.3. The highest BCUT2D eigenvalue weighted by Gasteiger charge is 2.24. The number of oxazole rings is 1. The van der Waals surface area contributed by atoms with Crippen LogP contribution >= 0.6 is 15.9 Å². The van der Waals surface area contributed by atoms with E-state index in [1.807, 2.05) is 17.0 Å². The summed E-state index contributed by atoms with van der Waals surface area (Å²) in [6, 6.07) is 5.45. The molecule has 0 saturated carbocycles. The molecule has 0 bridgehead atoms. The molecule has 1 fully saturated rings. The second kappa shape index (κ2) is 5.80. The van der Waals surface area contributed by atoms with Crippen LogP contribution in [0.5, 0.6) is 0 Å². The molecule has 120 valence electrons. The van der Waals surface area contributed by atoms with E-state index < -0.39 is 15.8 Å². The lowest BCUT2D eigenvalue weighted by Crippen LogP contribution is -2.49. The van der Waals surface area contributed by atoms with Crippen LogP contribution in [0.3, 0.4) is 0 Å². The van der Waals surface area contributed by atoms with Gasteiger partial charge in [-0.15, -0.1) is 0 Å². The van der Waals surface area contributed by atoms with Crippen LogP contribution in [0.1, 0.15) is 0 Å². The molecule has 0 amide bonds. The van der Waals surface area contributed by atoms with E-state index in [1.165, 1.54) is 10.6 Å². The zero-order valence-corrected chi connectivity index (χ0v) is 14.4. The third-order valence-electron chi connectivity index (χ3n) is 3.77. The first kappa shape index (κ1) is 15.7. The Morgan fingerprint density at radius 2 is 1.91 bits per heavy atom. The zero-order valence-electron chi connectivity index (χ0n) is 12.0. The van der Waals surface area contributed by atoms with Crippen LogP contribution in [-0.2, 0) is 16.7 Å². The SMILES string of the molecule is CS(=O)(=O)N1CCN(Cn2c(=O)oc3cc(Br)ccc32)CC1. The average Bonchev–Trinajstić information content (AvgIpc) is 2.74. The summed E-state index contributed by atoms with van der Waals surface area (Å²) in [6.45, 7) is 2.44. The number of halogens is 1. The van der Waals surface area contributed by atoms with Gasteiger partial charge in [0.1, 0.15) is 0 Å². The molecule has 9 heteroatoms. The zero-order chi connectivity index (χ0) is 15.9. The molecule has 0 unspecified atom stereocenters. The van der Waals surface area contributed by atoms with Crippen molar-refractivity contribution in [3.63, 3.8) is 0 Å². The van der Waals surface area contributed by atoms with Crippen molar-refractivity contribution < 1.29 is 12.8 Å². The first-order chi connectivity index (χ1) is 10.3. The molecule has 0 N–H and O–H groups in total. The summed E-state index contributed by atoms with van der Waals surface area (Å²) >= 11 is 3.35. The van der Waals surface area contributed by atoms with Crippen LogP contribution < -0.4 is 5.76 Å². The number of benzene rings is 1. The van der Waals surface area contributed by atoms with Crippen molar-refractivity contribution in [3.05, 3.63) is 33.2 Å². The minimum absolute atomic E-state index is 0.394. The molecule has 1 aliphatic rings. The van der Waals surface area contributed by atoms with Gasteiger partial charge in [-0.3, -0.25) is 9.47 Å². The van der Waals surface area contributed by atoms with Crippen LogP contribution in [0, 0.1) is 0 Å². The van der Waals surface area contributed by atoms with Crippen molar-refractivity contribution in [1.82, 2.24) is 13.8 Å². The lowest BCUT2D eigenvalue weighted by Gasteiger charge is -2.33. The quantitative estimate of drug-likeness (QED) is 0.778. The molecule has 1 aromatic carbocycles. The van der Waals surface area contributed by atoms with Gasteiger partial charge in [-0.25, -0.2) is 13.2 Å². The van der Waals surface area contributed by atoms with E-state index in [2.05, 4.69) is 15.9 Å².